The van der Waals surface area contributed by atoms with E-state index in [1.807, 2.05) is 0 Å². The first kappa shape index (κ1) is 15.1. The zero-order valence-corrected chi connectivity index (χ0v) is 13.8. The summed E-state index contributed by atoms with van der Waals surface area (Å²) in [5.41, 5.74) is 1.53. The number of nitrogens with zero attached hydrogens (tertiary/aromatic N) is 2. The van der Waals surface area contributed by atoms with Gasteiger partial charge in [0, 0.05) is 12.1 Å². The van der Waals surface area contributed by atoms with Crippen molar-refractivity contribution in [1.82, 2.24) is 9.55 Å². The third kappa shape index (κ3) is 2.44. The molecule has 1 heterocycles. The second-order valence-corrected chi connectivity index (χ2v) is 6.63. The maximum atomic E-state index is 13.6. The second-order valence-electron chi connectivity index (χ2n) is 5.96. The molecule has 0 aliphatic heterocycles. The van der Waals surface area contributed by atoms with Crippen LogP contribution in [-0.2, 0) is 5.88 Å². The van der Waals surface area contributed by atoms with Crippen molar-refractivity contribution in [3.63, 3.8) is 0 Å². The van der Waals surface area contributed by atoms with Crippen molar-refractivity contribution in [3.8, 4) is 0 Å². The van der Waals surface area contributed by atoms with E-state index in [1.54, 1.807) is 6.07 Å². The van der Waals surface area contributed by atoms with Gasteiger partial charge in [-0.15, -0.1) is 11.6 Å². The first-order valence-electron chi connectivity index (χ1n) is 7.48. The summed E-state index contributed by atoms with van der Waals surface area (Å²) < 4.78 is 15.8. The van der Waals surface area contributed by atoms with Gasteiger partial charge in [0.1, 0.15) is 11.6 Å². The van der Waals surface area contributed by atoms with Crippen molar-refractivity contribution < 1.29 is 4.39 Å². The normalized spacial score (nSPS) is 25.9. The number of hydrogen-bond acceptors (Lipinski definition) is 1. The van der Waals surface area contributed by atoms with E-state index in [1.165, 1.54) is 18.9 Å². The molecule has 5 heteroatoms. The zero-order valence-electron chi connectivity index (χ0n) is 12.2. The summed E-state index contributed by atoms with van der Waals surface area (Å²) in [5, 5.41) is 0.141. The van der Waals surface area contributed by atoms with E-state index in [0.717, 1.165) is 23.7 Å². The summed E-state index contributed by atoms with van der Waals surface area (Å²) in [6.07, 6.45) is 3.53. The minimum atomic E-state index is -0.430. The molecule has 0 N–H and O–H groups in total. The summed E-state index contributed by atoms with van der Waals surface area (Å²) in [6.45, 7) is 4.53. The lowest BCUT2D eigenvalue weighted by Gasteiger charge is -2.23. The van der Waals surface area contributed by atoms with Gasteiger partial charge in [-0.2, -0.15) is 0 Å². The summed E-state index contributed by atoms with van der Waals surface area (Å²) in [6, 6.07) is 3.46. The first-order chi connectivity index (χ1) is 10.1. The van der Waals surface area contributed by atoms with Crippen LogP contribution in [0.1, 0.15) is 45.0 Å². The molecule has 1 aromatic heterocycles. The Labute approximate surface area is 134 Å². The van der Waals surface area contributed by atoms with Gasteiger partial charge in [0.25, 0.3) is 0 Å². The Morgan fingerprint density at radius 2 is 2.14 bits per heavy atom. The minimum absolute atomic E-state index is 0.141. The van der Waals surface area contributed by atoms with E-state index < -0.39 is 5.82 Å². The predicted molar refractivity (Wildman–Crippen MR) is 85.5 cm³/mol. The van der Waals surface area contributed by atoms with Crippen LogP contribution in [-0.4, -0.2) is 9.55 Å². The number of alkyl halides is 1. The molecule has 1 saturated carbocycles. The Morgan fingerprint density at radius 1 is 1.38 bits per heavy atom. The van der Waals surface area contributed by atoms with Gasteiger partial charge >= 0.3 is 0 Å². The van der Waals surface area contributed by atoms with Crippen LogP contribution < -0.4 is 0 Å². The monoisotopic (exact) mass is 328 g/mol. The second kappa shape index (κ2) is 5.77. The summed E-state index contributed by atoms with van der Waals surface area (Å²) in [4.78, 5) is 4.50. The number of aromatic nitrogens is 2. The number of hydrogen-bond donors (Lipinski definition) is 0. The number of benzene rings is 1. The lowest BCUT2D eigenvalue weighted by molar-refractivity contribution is 0.330. The molecular weight excluding hydrogens is 310 g/mol. The average molecular weight is 329 g/mol. The van der Waals surface area contributed by atoms with Crippen LogP contribution in [0.15, 0.2) is 12.1 Å². The van der Waals surface area contributed by atoms with Gasteiger partial charge in [0.05, 0.1) is 21.9 Å². The van der Waals surface area contributed by atoms with Crippen LogP contribution in [0.2, 0.25) is 5.02 Å². The van der Waals surface area contributed by atoms with Gasteiger partial charge in [-0.1, -0.05) is 31.9 Å². The van der Waals surface area contributed by atoms with Crippen LogP contribution in [0.4, 0.5) is 4.39 Å². The quantitative estimate of drug-likeness (QED) is 0.674. The molecule has 3 unspecified atom stereocenters. The van der Waals surface area contributed by atoms with Gasteiger partial charge in [0.2, 0.25) is 0 Å². The highest BCUT2D eigenvalue weighted by molar-refractivity contribution is 6.31. The van der Waals surface area contributed by atoms with Crippen LogP contribution in [0.5, 0.6) is 0 Å². The Morgan fingerprint density at radius 3 is 2.76 bits per heavy atom. The molecule has 0 spiro atoms. The highest BCUT2D eigenvalue weighted by Crippen LogP contribution is 2.44. The summed E-state index contributed by atoms with van der Waals surface area (Å²) in [5.74, 6) is 2.00. The molecule has 1 aliphatic rings. The number of halogens is 3. The van der Waals surface area contributed by atoms with Crippen molar-refractivity contribution >= 4 is 34.2 Å². The fourth-order valence-electron chi connectivity index (χ4n) is 3.77. The fourth-order valence-corrected chi connectivity index (χ4v) is 4.12. The van der Waals surface area contributed by atoms with Gasteiger partial charge in [0.15, 0.2) is 0 Å². The largest absolute Gasteiger partial charge is 0.324 e. The molecule has 2 nitrogen and oxygen atoms in total. The molecule has 1 fully saturated rings. The average Bonchev–Trinajstić information content (AvgIpc) is 2.99. The molecule has 3 rings (SSSR count). The molecular formula is C16H19Cl2FN2. The van der Waals surface area contributed by atoms with Crippen molar-refractivity contribution in [1.29, 1.82) is 0 Å². The van der Waals surface area contributed by atoms with Crippen molar-refractivity contribution in [2.45, 2.75) is 45.0 Å². The molecule has 3 atom stereocenters. The van der Waals surface area contributed by atoms with Gasteiger partial charge in [-0.25, -0.2) is 9.37 Å². The first-order valence-corrected chi connectivity index (χ1v) is 8.39. The van der Waals surface area contributed by atoms with Crippen molar-refractivity contribution in [2.24, 2.45) is 11.8 Å². The SMILES string of the molecule is CCC1CCC(n2c(CCl)nc3cc(F)c(Cl)cc32)C1C. The molecule has 0 amide bonds. The maximum absolute atomic E-state index is 13.6. The van der Waals surface area contributed by atoms with Crippen molar-refractivity contribution in [3.05, 3.63) is 28.8 Å². The summed E-state index contributed by atoms with van der Waals surface area (Å²) >= 11 is 12.0. The molecule has 21 heavy (non-hydrogen) atoms. The van der Waals surface area contributed by atoms with Crippen LogP contribution in [0.25, 0.3) is 11.0 Å². The smallest absolute Gasteiger partial charge is 0.144 e. The van der Waals surface area contributed by atoms with E-state index in [4.69, 9.17) is 23.2 Å². The fraction of sp³-hybridized carbons (Fsp3) is 0.562. The topological polar surface area (TPSA) is 17.8 Å². The highest BCUT2D eigenvalue weighted by Gasteiger charge is 2.34. The van der Waals surface area contributed by atoms with E-state index in [2.05, 4.69) is 23.4 Å². The van der Waals surface area contributed by atoms with Crippen molar-refractivity contribution in [2.75, 3.05) is 0 Å². The van der Waals surface area contributed by atoms with E-state index in [9.17, 15) is 4.39 Å². The molecule has 1 aromatic carbocycles. The van der Waals surface area contributed by atoms with Gasteiger partial charge in [-0.3, -0.25) is 0 Å². The maximum Gasteiger partial charge on any atom is 0.144 e. The highest BCUT2D eigenvalue weighted by atomic mass is 35.5. The lowest BCUT2D eigenvalue weighted by atomic mass is 9.93. The number of imidazole rings is 1. The van der Waals surface area contributed by atoms with E-state index in [0.29, 0.717) is 23.4 Å². The zero-order chi connectivity index (χ0) is 15.1. The Balaban J connectivity index is 2.15. The molecule has 114 valence electrons. The Kier molecular flexibility index (Phi) is 4.15. The molecule has 2 aromatic rings. The summed E-state index contributed by atoms with van der Waals surface area (Å²) in [7, 11) is 0. The number of rotatable bonds is 3. The van der Waals surface area contributed by atoms with Crippen LogP contribution in [0.3, 0.4) is 0 Å². The van der Waals surface area contributed by atoms with Crippen LogP contribution in [0, 0.1) is 17.7 Å². The molecule has 1 aliphatic carbocycles. The third-order valence-electron chi connectivity index (χ3n) is 4.96. The molecule has 0 bridgehead atoms. The predicted octanol–water partition coefficient (Wildman–Crippen LogP) is 5.56. The van der Waals surface area contributed by atoms with Gasteiger partial charge < -0.3 is 4.57 Å². The van der Waals surface area contributed by atoms with Crippen LogP contribution >= 0.6 is 23.2 Å². The molecule has 0 radical (unpaired) electrons. The lowest BCUT2D eigenvalue weighted by Crippen LogP contribution is -2.17. The van der Waals surface area contributed by atoms with E-state index in [-0.39, 0.29) is 5.02 Å². The minimum Gasteiger partial charge on any atom is -0.324 e. The Bertz CT molecular complexity index is 668. The number of fused-ring (bicyclic) bond motifs is 1. The Hall–Kier alpha value is -0.800. The van der Waals surface area contributed by atoms with E-state index >= 15 is 0 Å². The standard InChI is InChI=1S/C16H19Cl2FN2/c1-3-10-4-5-14(9(10)2)21-15-6-11(18)12(19)7-13(15)20-16(21)8-17/h6-7,9-10,14H,3-5,8H2,1-2H3. The third-order valence-corrected chi connectivity index (χ3v) is 5.49. The van der Waals surface area contributed by atoms with Gasteiger partial charge in [-0.05, 0) is 30.7 Å². The molecule has 0 saturated heterocycles.